The molecule has 37 atom stereocenters. The first-order valence-electron chi connectivity index (χ1n) is 50.8. The fraction of sp³-hybridized carbons (Fsp3) is 0.891. The van der Waals surface area contributed by atoms with E-state index in [1.54, 1.807) is 6.92 Å². The van der Waals surface area contributed by atoms with Crippen LogP contribution in [0.3, 0.4) is 0 Å². The second kappa shape index (κ2) is 67.6. The zero-order chi connectivity index (χ0) is 110. The van der Waals surface area contributed by atoms with Gasteiger partial charge in [0.15, 0.2) is 44.0 Å². The smallest absolute Gasteiger partial charge is 0.242 e. The number of amides is 7. The van der Waals surface area contributed by atoms with E-state index < -0.39 is 340 Å². The molecule has 7 heterocycles. The maximum atomic E-state index is 14.3. The predicted molar refractivity (Wildman–Crippen MR) is 496 cm³/mol. The second-order valence-corrected chi connectivity index (χ2v) is 37.7. The quantitative estimate of drug-likeness (QED) is 0.0251. The Bertz CT molecular complexity index is 3830. The van der Waals surface area contributed by atoms with Crippen LogP contribution in [0.25, 0.3) is 0 Å². The average molecular weight is 2160 g/mol. The minimum atomic E-state index is -2.02. The fourth-order valence-electron chi connectivity index (χ4n) is 17.3. The standard InChI is InChI=1S/C92H159N7O50/c1-2-47(106)14-9-10-15-48(107)21-24-60(111)97-50(85(135)96-27-12-3-6-16-58(109)94-28-33-136-91-82(133)83(149-92-81(132)75(126)68(119)56(44-105)147-92)69(120)57(148-91)45-141-90-80(131)74(125)67(118)55(43-104)146-90)22-20-49(108)38-46(84(134)95-26-13-5-8-18-62(113)99(31-36-139-88-78(129)72(123)65(116)53(41-102)144-88)32-37-140-89-79(130)73(124)66(117)54(42-103)145-89)19-23-59(110)93-25-11-4-7-17-61(112)98(29-34-137-86-76(127)70(121)63(114)51(39-100)142-86)30-35-138-87-77(128)71(122)64(115)52(40-101)143-87/h46,50-57,63-83,86-92,100-105,114-133H,2-45H2,1H3,(H,93,110)(H,94,109)(H,95,134)(H,96,135)(H,97,111)/t46-,50+,51-,52-,53-,54-,55-,56-,57-,63-,64-,65-,66-,67-,68-,69-,70+,71+,72+,73+,74+,75+,76+,77+,78+,79+,80+,81+,82+,83+,86+,87?,88?,89?,90+,91+,92-/m1/s1. The number of hydrogen-bond donors (Lipinski definition) is 31. The molecule has 0 aromatic heterocycles. The van der Waals surface area contributed by atoms with Gasteiger partial charge < -0.3 is 235 Å². The maximum Gasteiger partial charge on any atom is 0.242 e. The summed E-state index contributed by atoms with van der Waals surface area (Å²) in [6.07, 6.45) is -58.5. The monoisotopic (exact) mass is 2160 g/mol. The molecule has 0 radical (unpaired) electrons. The highest BCUT2D eigenvalue weighted by Gasteiger charge is 2.55. The van der Waals surface area contributed by atoms with Crippen molar-refractivity contribution in [1.82, 2.24) is 36.4 Å². The lowest BCUT2D eigenvalue weighted by atomic mass is 9.93. The van der Waals surface area contributed by atoms with Crippen molar-refractivity contribution in [2.24, 2.45) is 5.92 Å². The van der Waals surface area contributed by atoms with Crippen LogP contribution in [-0.4, -0.2) is 554 Å². The topological polar surface area (TPSA) is 893 Å². The number of rotatable bonds is 69. The molecule has 0 saturated carbocycles. The molecule has 0 aromatic rings. The Balaban J connectivity index is 0.969. The van der Waals surface area contributed by atoms with Gasteiger partial charge in [-0.3, -0.25) is 47.9 Å². The van der Waals surface area contributed by atoms with Gasteiger partial charge in [0, 0.05) is 129 Å². The Morgan fingerprint density at radius 2 is 0.604 bits per heavy atom. The lowest BCUT2D eigenvalue weighted by Gasteiger charge is -2.46. The zero-order valence-electron chi connectivity index (χ0n) is 83.3. The van der Waals surface area contributed by atoms with Gasteiger partial charge in [0.1, 0.15) is 194 Å². The molecule has 0 aromatic carbocycles. The first-order valence-corrected chi connectivity index (χ1v) is 50.8. The Kier molecular flexibility index (Phi) is 58.8. The van der Waals surface area contributed by atoms with Crippen LogP contribution in [0.4, 0.5) is 0 Å². The number of hydrogen-bond acceptors (Lipinski definition) is 50. The minimum absolute atomic E-state index is 0.0140. The summed E-state index contributed by atoms with van der Waals surface area (Å²) in [7, 11) is 0. The number of carbonyl (C=O) groups is 10. The second-order valence-electron chi connectivity index (χ2n) is 37.7. The van der Waals surface area contributed by atoms with Gasteiger partial charge in [-0.1, -0.05) is 26.2 Å². The van der Waals surface area contributed by atoms with Crippen LogP contribution in [0.15, 0.2) is 0 Å². The van der Waals surface area contributed by atoms with Crippen LogP contribution in [-0.2, 0) is 114 Å². The van der Waals surface area contributed by atoms with E-state index in [1.165, 1.54) is 9.80 Å². The number of nitrogens with one attached hydrogen (secondary N) is 5. The number of ether oxygens (including phenoxy) is 14. The summed E-state index contributed by atoms with van der Waals surface area (Å²) in [6.45, 7) is -6.75. The van der Waals surface area contributed by atoms with Crippen molar-refractivity contribution < 1.29 is 247 Å². The predicted octanol–water partition coefficient (Wildman–Crippen LogP) is -15.0. The Morgan fingerprint density at radius 1 is 0.275 bits per heavy atom. The van der Waals surface area contributed by atoms with Crippen molar-refractivity contribution in [1.29, 1.82) is 0 Å². The van der Waals surface area contributed by atoms with E-state index in [1.807, 2.05) is 0 Å². The summed E-state index contributed by atoms with van der Waals surface area (Å²) in [5.74, 6) is -6.34. The fourth-order valence-corrected chi connectivity index (χ4v) is 17.3. The largest absolute Gasteiger partial charge is 0.394 e. The third-order valence-corrected chi connectivity index (χ3v) is 26.7. The van der Waals surface area contributed by atoms with Crippen LogP contribution in [0, 0.1) is 5.92 Å². The molecule has 7 amide bonds. The van der Waals surface area contributed by atoms with Gasteiger partial charge in [-0.25, -0.2) is 0 Å². The molecule has 149 heavy (non-hydrogen) atoms. The van der Waals surface area contributed by atoms with Crippen molar-refractivity contribution in [2.75, 3.05) is 132 Å². The van der Waals surface area contributed by atoms with Crippen LogP contribution in [0.1, 0.15) is 161 Å². The Labute approximate surface area is 858 Å². The highest BCUT2D eigenvalue weighted by atomic mass is 16.8. The average Bonchev–Trinajstić information content (AvgIpc) is 0.777. The SMILES string of the molecule is CCC(=O)CCCCC(=O)CCC(=O)N[C@@H](CCC(=O)C[C@@H](CCC(=O)NCCCCCC(=O)N(CCOC1O[C@H](CO)[C@@H](O)[C@H](O)[C@@H]1O)CCO[C@H]1O[C@H](CO)[C@@H](O)[C@H](O)[C@@H]1O)C(=O)NCCCCCC(=O)N(CCOC1O[C@H](CO)[C@@H](O)[C@H](O)[C@@H]1O)CCOC1O[C@H](CO)[C@@H](O)[C@H](O)[C@@H]1O)C(=O)NCCCCCC(=O)NCCO[C@H]1O[C@H](CO[C@H]2O[C@H](CO)[C@@H](O)[C@H](O)[C@@H]2O)[C@@H](O)[C@H](O[C@H]2O[C@H](CO)[C@@H](O)[C@H](O)[C@@H]2O)[C@@H]1O. The van der Waals surface area contributed by atoms with E-state index in [0.29, 0.717) is 38.5 Å². The van der Waals surface area contributed by atoms with Crippen LogP contribution >= 0.6 is 0 Å². The van der Waals surface area contributed by atoms with Crippen LogP contribution in [0.2, 0.25) is 0 Å². The molecule has 7 aliphatic heterocycles. The number of unbranched alkanes of at least 4 members (excludes halogenated alkanes) is 7. The van der Waals surface area contributed by atoms with Gasteiger partial charge >= 0.3 is 0 Å². The highest BCUT2D eigenvalue weighted by Crippen LogP contribution is 2.34. The molecule has 862 valence electrons. The molecule has 3 unspecified atom stereocenters. The Morgan fingerprint density at radius 3 is 1.01 bits per heavy atom. The molecule has 0 bridgehead atoms. The molecular weight excluding hydrogens is 2000 g/mol. The van der Waals surface area contributed by atoms with E-state index in [4.69, 9.17) is 66.3 Å². The van der Waals surface area contributed by atoms with Gasteiger partial charge in [0.25, 0.3) is 0 Å². The number of nitrogens with zero attached hydrogens (tertiary/aromatic N) is 2. The van der Waals surface area contributed by atoms with Gasteiger partial charge in [0.2, 0.25) is 41.4 Å². The van der Waals surface area contributed by atoms with Crippen molar-refractivity contribution >= 4 is 58.7 Å². The zero-order valence-corrected chi connectivity index (χ0v) is 83.3. The summed E-state index contributed by atoms with van der Waals surface area (Å²) < 4.78 is 77.9. The molecule has 0 aliphatic carbocycles. The van der Waals surface area contributed by atoms with Crippen molar-refractivity contribution in [2.45, 2.75) is 382 Å². The normalized spacial score (nSPS) is 33.7. The van der Waals surface area contributed by atoms with Crippen LogP contribution < -0.4 is 26.6 Å². The summed E-state index contributed by atoms with van der Waals surface area (Å²) >= 11 is 0. The number of carbonyl (C=O) groups excluding carboxylic acids is 10. The molecule has 7 aliphatic rings. The number of ketones is 3. The molecule has 0 spiro atoms. The third-order valence-electron chi connectivity index (χ3n) is 26.7. The van der Waals surface area contributed by atoms with E-state index in [9.17, 15) is 181 Å². The van der Waals surface area contributed by atoms with Crippen molar-refractivity contribution in [3.8, 4) is 0 Å². The van der Waals surface area contributed by atoms with Crippen LogP contribution in [0.5, 0.6) is 0 Å². The molecule has 31 N–H and O–H groups in total. The first kappa shape index (κ1) is 130. The summed E-state index contributed by atoms with van der Waals surface area (Å²) in [5.41, 5.74) is 0. The lowest BCUT2D eigenvalue weighted by Crippen LogP contribution is -2.65. The van der Waals surface area contributed by atoms with E-state index in [-0.39, 0.29) is 193 Å². The van der Waals surface area contributed by atoms with Gasteiger partial charge in [0.05, 0.1) is 79.3 Å². The summed E-state index contributed by atoms with van der Waals surface area (Å²) in [4.78, 5) is 138. The van der Waals surface area contributed by atoms with Gasteiger partial charge in [-0.15, -0.1) is 0 Å². The number of aliphatic hydroxyl groups is 26. The van der Waals surface area contributed by atoms with E-state index in [2.05, 4.69) is 26.6 Å². The summed E-state index contributed by atoms with van der Waals surface area (Å²) in [6, 6.07) is -1.42. The molecule has 7 rings (SSSR count). The van der Waals surface area contributed by atoms with Gasteiger partial charge in [-0.05, 0) is 64.2 Å². The van der Waals surface area contributed by atoms with E-state index >= 15 is 0 Å². The van der Waals surface area contributed by atoms with Crippen molar-refractivity contribution in [3.05, 3.63) is 0 Å². The van der Waals surface area contributed by atoms with Crippen molar-refractivity contribution in [3.63, 3.8) is 0 Å². The molecule has 7 saturated heterocycles. The molecule has 57 nitrogen and oxygen atoms in total. The molecule has 57 heteroatoms. The number of aliphatic hydroxyl groups excluding tert-OH is 26. The molecular formula is C92H159N7O50. The first-order chi connectivity index (χ1) is 71.1. The highest BCUT2D eigenvalue weighted by molar-refractivity contribution is 5.91. The maximum absolute atomic E-state index is 14.3. The Hall–Kier alpha value is -6.30. The summed E-state index contributed by atoms with van der Waals surface area (Å²) in [5, 5.41) is 282. The van der Waals surface area contributed by atoms with E-state index in [0.717, 1.165) is 0 Å². The molecule has 7 fully saturated rings. The lowest BCUT2D eigenvalue weighted by molar-refractivity contribution is -0.366. The number of Topliss-reactive ketones (excluding diaryl/α,β-unsaturated/α-hetero) is 3. The minimum Gasteiger partial charge on any atom is -0.394 e. The van der Waals surface area contributed by atoms with Gasteiger partial charge in [-0.2, -0.15) is 0 Å². The third kappa shape index (κ3) is 40.7.